The summed E-state index contributed by atoms with van der Waals surface area (Å²) in [5.74, 6) is -0.727. The van der Waals surface area contributed by atoms with Gasteiger partial charge in [0.2, 0.25) is 0 Å². The Morgan fingerprint density at radius 2 is 2.00 bits per heavy atom. The second kappa shape index (κ2) is 5.15. The number of hydrogen-bond donors (Lipinski definition) is 1. The molecule has 4 nitrogen and oxygen atoms in total. The Kier molecular flexibility index (Phi) is 3.69. The van der Waals surface area contributed by atoms with E-state index in [9.17, 15) is 18.0 Å². The molecule has 0 atom stereocenters. The number of carbonyl (C=O) groups excluding carboxylic acids is 1. The molecule has 0 bridgehead atoms. The van der Waals surface area contributed by atoms with E-state index in [2.05, 4.69) is 10.2 Å². The number of amides is 1. The molecule has 20 heavy (non-hydrogen) atoms. The van der Waals surface area contributed by atoms with Gasteiger partial charge in [0.25, 0.3) is 5.91 Å². The van der Waals surface area contributed by atoms with Crippen LogP contribution < -0.4 is 0 Å². The maximum absolute atomic E-state index is 12.6. The number of halogens is 3. The lowest BCUT2D eigenvalue weighted by Crippen LogP contribution is -2.43. The van der Waals surface area contributed by atoms with Crippen molar-refractivity contribution in [3.63, 3.8) is 0 Å². The van der Waals surface area contributed by atoms with Crippen LogP contribution in [0.1, 0.15) is 24.3 Å². The van der Waals surface area contributed by atoms with Crippen molar-refractivity contribution >= 4 is 16.8 Å². The summed E-state index contributed by atoms with van der Waals surface area (Å²) in [6.07, 6.45) is -4.44. The first-order valence-electron chi connectivity index (χ1n) is 6.10. The van der Waals surface area contributed by atoms with Crippen LogP contribution in [0.15, 0.2) is 24.3 Å². The summed E-state index contributed by atoms with van der Waals surface area (Å²) in [7, 11) is 0. The molecule has 1 heterocycles. The average molecular weight is 285 g/mol. The third-order valence-electron chi connectivity index (χ3n) is 2.91. The fourth-order valence-electron chi connectivity index (χ4n) is 1.94. The SMILES string of the molecule is CC(C)N(CC(F)(F)F)C(=O)c1n[nH]c2ccccc12. The predicted molar refractivity (Wildman–Crippen MR) is 68.3 cm³/mol. The third-order valence-corrected chi connectivity index (χ3v) is 2.91. The van der Waals surface area contributed by atoms with E-state index in [-0.39, 0.29) is 5.69 Å². The topological polar surface area (TPSA) is 49.0 Å². The normalized spacial score (nSPS) is 12.1. The maximum Gasteiger partial charge on any atom is 0.406 e. The fourth-order valence-corrected chi connectivity index (χ4v) is 1.94. The van der Waals surface area contributed by atoms with E-state index in [0.29, 0.717) is 10.9 Å². The molecule has 1 amide bonds. The molecule has 0 spiro atoms. The number of fused-ring (bicyclic) bond motifs is 1. The minimum atomic E-state index is -4.44. The lowest BCUT2D eigenvalue weighted by molar-refractivity contribution is -0.143. The highest BCUT2D eigenvalue weighted by Gasteiger charge is 2.35. The van der Waals surface area contributed by atoms with Crippen LogP contribution in [0, 0.1) is 0 Å². The lowest BCUT2D eigenvalue weighted by atomic mass is 10.2. The first kappa shape index (κ1) is 14.4. The molecule has 2 rings (SSSR count). The molecule has 0 unspecified atom stereocenters. The van der Waals surface area contributed by atoms with Crippen LogP contribution in [0.3, 0.4) is 0 Å². The van der Waals surface area contributed by atoms with Gasteiger partial charge in [-0.15, -0.1) is 0 Å². The molecule has 1 N–H and O–H groups in total. The van der Waals surface area contributed by atoms with Gasteiger partial charge in [0.15, 0.2) is 5.69 Å². The van der Waals surface area contributed by atoms with Gasteiger partial charge in [-0.3, -0.25) is 9.89 Å². The van der Waals surface area contributed by atoms with Crippen LogP contribution in [-0.2, 0) is 0 Å². The van der Waals surface area contributed by atoms with Crippen molar-refractivity contribution in [3.05, 3.63) is 30.0 Å². The molecule has 0 saturated heterocycles. The zero-order valence-electron chi connectivity index (χ0n) is 11.0. The van der Waals surface area contributed by atoms with E-state index >= 15 is 0 Å². The number of nitrogens with one attached hydrogen (secondary N) is 1. The summed E-state index contributed by atoms with van der Waals surface area (Å²) in [6.45, 7) is 1.79. The van der Waals surface area contributed by atoms with E-state index in [1.54, 1.807) is 38.1 Å². The molecule has 1 aromatic carbocycles. The number of aromatic nitrogens is 2. The van der Waals surface area contributed by atoms with Crippen molar-refractivity contribution in [1.29, 1.82) is 0 Å². The van der Waals surface area contributed by atoms with Crippen molar-refractivity contribution in [3.8, 4) is 0 Å². The first-order valence-corrected chi connectivity index (χ1v) is 6.10. The molecule has 0 radical (unpaired) electrons. The van der Waals surface area contributed by atoms with Crippen molar-refractivity contribution in [2.24, 2.45) is 0 Å². The molecule has 108 valence electrons. The van der Waals surface area contributed by atoms with Gasteiger partial charge in [0, 0.05) is 11.4 Å². The van der Waals surface area contributed by atoms with Crippen molar-refractivity contribution in [2.45, 2.75) is 26.1 Å². The van der Waals surface area contributed by atoms with E-state index in [0.717, 1.165) is 4.90 Å². The van der Waals surface area contributed by atoms with Crippen molar-refractivity contribution < 1.29 is 18.0 Å². The number of carbonyl (C=O) groups is 1. The molecular weight excluding hydrogens is 271 g/mol. The van der Waals surface area contributed by atoms with Gasteiger partial charge in [-0.2, -0.15) is 18.3 Å². The minimum Gasteiger partial charge on any atom is -0.326 e. The second-order valence-corrected chi connectivity index (χ2v) is 4.76. The number of benzene rings is 1. The maximum atomic E-state index is 12.6. The number of aromatic amines is 1. The van der Waals surface area contributed by atoms with E-state index in [4.69, 9.17) is 0 Å². The fraction of sp³-hybridized carbons (Fsp3) is 0.385. The van der Waals surface area contributed by atoms with Crippen LogP contribution in [-0.4, -0.2) is 39.8 Å². The van der Waals surface area contributed by atoms with Gasteiger partial charge in [0.05, 0.1) is 5.52 Å². The zero-order valence-corrected chi connectivity index (χ0v) is 11.0. The van der Waals surface area contributed by atoms with Crippen LogP contribution >= 0.6 is 0 Å². The summed E-state index contributed by atoms with van der Waals surface area (Å²) < 4.78 is 37.7. The molecule has 0 aliphatic carbocycles. The summed E-state index contributed by atoms with van der Waals surface area (Å²) in [5.41, 5.74) is 0.630. The number of para-hydroxylation sites is 1. The van der Waals surface area contributed by atoms with Crippen LogP contribution in [0.25, 0.3) is 10.9 Å². The number of alkyl halides is 3. The van der Waals surface area contributed by atoms with Gasteiger partial charge in [0.1, 0.15) is 6.54 Å². The summed E-state index contributed by atoms with van der Waals surface area (Å²) in [6, 6.07) is 6.25. The largest absolute Gasteiger partial charge is 0.406 e. The minimum absolute atomic E-state index is 0.0125. The van der Waals surface area contributed by atoms with E-state index in [1.807, 2.05) is 0 Å². The Hall–Kier alpha value is -2.05. The molecule has 0 saturated carbocycles. The quantitative estimate of drug-likeness (QED) is 0.942. The Labute approximate surface area is 113 Å². The van der Waals surface area contributed by atoms with Gasteiger partial charge in [-0.1, -0.05) is 18.2 Å². The Balaban J connectivity index is 2.37. The summed E-state index contributed by atoms with van der Waals surface area (Å²) >= 11 is 0. The number of H-pyrrole nitrogens is 1. The molecular formula is C13H14F3N3O. The number of hydrogen-bond acceptors (Lipinski definition) is 2. The highest BCUT2D eigenvalue weighted by molar-refractivity contribution is 6.04. The highest BCUT2D eigenvalue weighted by atomic mass is 19.4. The predicted octanol–water partition coefficient (Wildman–Crippen LogP) is 2.98. The van der Waals surface area contributed by atoms with Crippen molar-refractivity contribution in [1.82, 2.24) is 15.1 Å². The average Bonchev–Trinajstić information content (AvgIpc) is 2.77. The second-order valence-electron chi connectivity index (χ2n) is 4.76. The Bertz CT molecular complexity index is 619. The monoisotopic (exact) mass is 285 g/mol. The van der Waals surface area contributed by atoms with E-state index < -0.39 is 24.7 Å². The third kappa shape index (κ3) is 2.92. The molecule has 0 aliphatic heterocycles. The Morgan fingerprint density at radius 1 is 1.35 bits per heavy atom. The zero-order chi connectivity index (χ0) is 14.9. The van der Waals surface area contributed by atoms with Gasteiger partial charge < -0.3 is 4.90 Å². The smallest absolute Gasteiger partial charge is 0.326 e. The van der Waals surface area contributed by atoms with E-state index in [1.165, 1.54) is 0 Å². The molecule has 1 aromatic heterocycles. The van der Waals surface area contributed by atoms with Crippen LogP contribution in [0.4, 0.5) is 13.2 Å². The number of rotatable bonds is 3. The standard InChI is InChI=1S/C13H14F3N3O/c1-8(2)19(7-13(14,15)16)12(20)11-9-5-3-4-6-10(9)17-18-11/h3-6,8H,7H2,1-2H3,(H,17,18). The molecule has 7 heteroatoms. The lowest BCUT2D eigenvalue weighted by Gasteiger charge is -2.27. The number of nitrogens with zero attached hydrogens (tertiary/aromatic N) is 2. The Morgan fingerprint density at radius 3 is 2.60 bits per heavy atom. The van der Waals surface area contributed by atoms with Crippen LogP contribution in [0.5, 0.6) is 0 Å². The van der Waals surface area contributed by atoms with Gasteiger partial charge in [-0.05, 0) is 19.9 Å². The molecule has 0 aliphatic rings. The summed E-state index contributed by atoms with van der Waals surface area (Å²) in [4.78, 5) is 13.0. The van der Waals surface area contributed by atoms with Crippen LogP contribution in [0.2, 0.25) is 0 Å². The molecule has 0 fully saturated rings. The highest BCUT2D eigenvalue weighted by Crippen LogP contribution is 2.22. The van der Waals surface area contributed by atoms with Gasteiger partial charge >= 0.3 is 6.18 Å². The van der Waals surface area contributed by atoms with Gasteiger partial charge in [-0.25, -0.2) is 0 Å². The first-order chi connectivity index (χ1) is 9.29. The van der Waals surface area contributed by atoms with Crippen molar-refractivity contribution in [2.75, 3.05) is 6.54 Å². The summed E-state index contributed by atoms with van der Waals surface area (Å²) in [5, 5.41) is 7.01. The molecule has 2 aromatic rings.